The van der Waals surface area contributed by atoms with Gasteiger partial charge in [0.1, 0.15) is 35.3 Å². The van der Waals surface area contributed by atoms with Crippen LogP contribution in [0.2, 0.25) is 0 Å². The smallest absolute Gasteiger partial charge is 0.341 e. The van der Waals surface area contributed by atoms with Crippen LogP contribution in [0.15, 0.2) is 28.2 Å². The second-order valence-corrected chi connectivity index (χ2v) is 23.5. The summed E-state index contributed by atoms with van der Waals surface area (Å²) in [7, 11) is 10.3. The number of ketones is 1. The molecule has 3 saturated heterocycles. The third-order valence-electron chi connectivity index (χ3n) is 16.0. The summed E-state index contributed by atoms with van der Waals surface area (Å²) in [5.74, 6) is -5.27. The van der Waals surface area contributed by atoms with Gasteiger partial charge in [-0.2, -0.15) is 0 Å². The molecular formula is C54H89N5O16S. The number of carboxylic acid groups (broad SMARTS) is 1. The molecule has 0 bridgehead atoms. The van der Waals surface area contributed by atoms with E-state index in [2.05, 4.69) is 10.3 Å². The van der Waals surface area contributed by atoms with Crippen LogP contribution in [0.4, 0.5) is 0 Å². The van der Waals surface area contributed by atoms with Gasteiger partial charge in [-0.05, 0) is 93.9 Å². The maximum atomic E-state index is 14.6. The maximum Gasteiger partial charge on any atom is 0.341 e. The summed E-state index contributed by atoms with van der Waals surface area (Å²) >= 11 is 1.50. The Labute approximate surface area is 452 Å². The summed E-state index contributed by atoms with van der Waals surface area (Å²) in [6.45, 7) is 19.1. The molecule has 5 rings (SSSR count). The Bertz CT molecular complexity index is 2320. The van der Waals surface area contributed by atoms with Crippen molar-refractivity contribution in [3.63, 3.8) is 0 Å². The quantitative estimate of drug-likeness (QED) is 0.0761. The van der Waals surface area contributed by atoms with Crippen LogP contribution in [0.5, 0.6) is 0 Å². The molecule has 21 nitrogen and oxygen atoms in total. The van der Waals surface area contributed by atoms with Crippen molar-refractivity contribution in [2.75, 3.05) is 72.9 Å². The van der Waals surface area contributed by atoms with E-state index >= 15 is 0 Å². The van der Waals surface area contributed by atoms with Gasteiger partial charge in [0.2, 0.25) is 5.43 Å². The van der Waals surface area contributed by atoms with Crippen molar-refractivity contribution in [3.05, 3.63) is 34.2 Å². The van der Waals surface area contributed by atoms with E-state index in [1.165, 1.54) is 36.7 Å². The van der Waals surface area contributed by atoms with E-state index in [1.54, 1.807) is 66.2 Å². The number of hydrogen-bond donors (Lipinski definition) is 5. The largest absolute Gasteiger partial charge is 0.477 e. The van der Waals surface area contributed by atoms with Crippen molar-refractivity contribution in [1.29, 1.82) is 0 Å². The number of pyridine rings is 2. The van der Waals surface area contributed by atoms with E-state index in [-0.39, 0.29) is 48.1 Å². The highest BCUT2D eigenvalue weighted by atomic mass is 32.2. The van der Waals surface area contributed by atoms with E-state index in [0.717, 1.165) is 4.90 Å². The molecule has 0 aliphatic carbocycles. The zero-order valence-electron chi connectivity index (χ0n) is 47.6. The number of aliphatic hydroxyl groups excluding tert-OH is 2. The predicted molar refractivity (Wildman–Crippen MR) is 286 cm³/mol. The molecule has 76 heavy (non-hydrogen) atoms. The summed E-state index contributed by atoms with van der Waals surface area (Å²) < 4.78 is 53.6. The summed E-state index contributed by atoms with van der Waals surface area (Å²) in [5.41, 5.74) is -4.78. The molecule has 5 N–H and O–H groups in total. The molecule has 2 aromatic heterocycles. The number of thioether (sulfide) groups is 1. The molecule has 0 saturated carbocycles. The first-order valence-corrected chi connectivity index (χ1v) is 27.7. The van der Waals surface area contributed by atoms with Crippen LogP contribution in [-0.2, 0) is 47.5 Å². The fourth-order valence-corrected chi connectivity index (χ4v) is 12.2. The lowest BCUT2D eigenvalue weighted by atomic mass is 9.74. The Morgan fingerprint density at radius 1 is 0.934 bits per heavy atom. The Morgan fingerprint density at radius 2 is 1.59 bits per heavy atom. The first kappa shape index (κ1) is 63.5. The molecule has 0 unspecified atom stereocenters. The number of hydrogen-bond acceptors (Lipinski definition) is 20. The normalized spacial score (nSPS) is 37.2. The van der Waals surface area contributed by atoms with Crippen molar-refractivity contribution in [3.8, 4) is 0 Å². The highest BCUT2D eigenvalue weighted by Gasteiger charge is 2.54. The van der Waals surface area contributed by atoms with Gasteiger partial charge >= 0.3 is 11.9 Å². The number of nitrogens with one attached hydrogen (secondary N) is 1. The number of esters is 1. The van der Waals surface area contributed by atoms with Crippen LogP contribution in [0.25, 0.3) is 11.0 Å². The van der Waals surface area contributed by atoms with Gasteiger partial charge in [-0.3, -0.25) is 14.4 Å². The number of rotatable bonds is 19. The Balaban J connectivity index is 1.33. The van der Waals surface area contributed by atoms with Crippen molar-refractivity contribution in [1.82, 2.24) is 19.9 Å². The number of carbonyl (C=O) groups excluding carboxylic acids is 2. The number of carboxylic acids is 1. The average Bonchev–Trinajstić information content (AvgIpc) is 3.37. The van der Waals surface area contributed by atoms with E-state index in [4.69, 9.17) is 37.9 Å². The molecule has 3 fully saturated rings. The van der Waals surface area contributed by atoms with Crippen molar-refractivity contribution in [2.24, 2.45) is 23.7 Å². The highest BCUT2D eigenvalue weighted by Crippen LogP contribution is 2.42. The minimum atomic E-state index is -2.00. The van der Waals surface area contributed by atoms with Crippen LogP contribution in [-0.4, -0.2) is 205 Å². The number of aromatic carboxylic acids is 1. The molecule has 0 spiro atoms. The van der Waals surface area contributed by atoms with Gasteiger partial charge in [0, 0.05) is 94.7 Å². The SMILES string of the molecule is CC[C@H]1OC(=O)[C@H](C)[C@@H](O[C@H]2C[C@@](C)(OC)[C@@H](OCCCNCCSc3cnc4c(c3)c(=O)c(C(=O)O)cn4N(C)C)[C@H](C)O2)[C@H](C)[C@@H](O[C@@H]2O[C@H](C)C[C@H](N(C)C)[C@H]2O)[C@](C)(OC)C[C@@H](C)C(=O)[C@H](C)[C@@H](O)[C@]1(C)O. The molecule has 22 heteroatoms. The average molecular weight is 1100 g/mol. The lowest BCUT2D eigenvalue weighted by Crippen LogP contribution is -2.61. The zero-order chi connectivity index (χ0) is 56.8. The number of aromatic nitrogens is 2. The van der Waals surface area contributed by atoms with Crippen LogP contribution in [0, 0.1) is 23.7 Å². The van der Waals surface area contributed by atoms with Crippen molar-refractivity contribution >= 4 is 40.5 Å². The lowest BCUT2D eigenvalue weighted by Gasteiger charge is -2.50. The second kappa shape index (κ2) is 26.7. The zero-order valence-corrected chi connectivity index (χ0v) is 48.5. The molecule has 0 radical (unpaired) electrons. The number of aliphatic hydroxyl groups is 3. The first-order chi connectivity index (χ1) is 35.6. The Kier molecular flexibility index (Phi) is 22.3. The van der Waals surface area contributed by atoms with E-state index in [0.29, 0.717) is 43.9 Å². The number of cyclic esters (lactones) is 1. The third kappa shape index (κ3) is 14.3. The van der Waals surface area contributed by atoms with E-state index in [1.807, 2.05) is 53.6 Å². The van der Waals surface area contributed by atoms with Gasteiger partial charge in [0.15, 0.2) is 18.2 Å². The Hall–Kier alpha value is -3.36. The van der Waals surface area contributed by atoms with Crippen molar-refractivity contribution in [2.45, 2.75) is 190 Å². The molecule has 3 aliphatic rings. The summed E-state index contributed by atoms with van der Waals surface area (Å²) in [4.78, 5) is 60.7. The van der Waals surface area contributed by atoms with Gasteiger partial charge < -0.3 is 73.5 Å². The summed E-state index contributed by atoms with van der Waals surface area (Å²) in [6.07, 6.45) is -4.84. The third-order valence-corrected chi connectivity index (χ3v) is 17.0. The van der Waals surface area contributed by atoms with Crippen molar-refractivity contribution < 1.29 is 72.7 Å². The van der Waals surface area contributed by atoms with E-state index in [9.17, 15) is 39.6 Å². The number of nitrogens with zero attached hydrogens (tertiary/aromatic N) is 4. The first-order valence-electron chi connectivity index (χ1n) is 26.7. The number of carbonyl (C=O) groups is 3. The number of methoxy groups -OCH3 is 2. The second-order valence-electron chi connectivity index (χ2n) is 22.3. The lowest BCUT2D eigenvalue weighted by molar-refractivity contribution is -0.322. The highest BCUT2D eigenvalue weighted by molar-refractivity contribution is 7.99. The summed E-state index contributed by atoms with van der Waals surface area (Å²) in [6, 6.07) is 1.36. The number of ether oxygens (including phenoxy) is 8. The molecule has 0 amide bonds. The minimum Gasteiger partial charge on any atom is -0.477 e. The van der Waals surface area contributed by atoms with Gasteiger partial charge in [0.25, 0.3) is 0 Å². The van der Waals surface area contributed by atoms with Gasteiger partial charge in [-0.25, -0.2) is 14.5 Å². The molecular weight excluding hydrogens is 1010 g/mol. The fourth-order valence-electron chi connectivity index (χ4n) is 11.4. The van der Waals surface area contributed by atoms with Crippen LogP contribution in [0.1, 0.15) is 112 Å². The molecule has 2 aromatic rings. The molecule has 3 aliphatic heterocycles. The number of fused-ring (bicyclic) bond motifs is 1. The summed E-state index contributed by atoms with van der Waals surface area (Å²) in [5, 5.41) is 50.2. The van der Waals surface area contributed by atoms with Gasteiger partial charge in [0.05, 0.1) is 53.0 Å². The minimum absolute atomic E-state index is 0.0873. The predicted octanol–water partition coefficient (Wildman–Crippen LogP) is 3.84. The number of Topliss-reactive ketones (excluding diaryl/α,β-unsaturated/α-hetero) is 1. The monoisotopic (exact) mass is 1100 g/mol. The molecule has 5 heterocycles. The number of likely N-dealkylation sites (N-methyl/N-ethyl adjacent to an activating group) is 1. The van der Waals surface area contributed by atoms with Crippen LogP contribution in [0.3, 0.4) is 0 Å². The molecule has 432 valence electrons. The Morgan fingerprint density at radius 3 is 2.20 bits per heavy atom. The van der Waals surface area contributed by atoms with Crippen LogP contribution >= 0.6 is 11.8 Å². The van der Waals surface area contributed by atoms with Gasteiger partial charge in [-0.1, -0.05) is 27.7 Å². The van der Waals surface area contributed by atoms with E-state index < -0.39 is 113 Å². The standard InChI is InChI=1S/C54H89N5O16S/c1-17-39-54(10,67)45(63)31(4)41(60)29(2)25-52(8,68-15)46(75-51-43(62)38(57(11)12)23-30(3)71-51)32(5)44(33(6)50(66)73-39)74-40-26-53(9,69-16)47(34(7)72-40)70-21-18-19-55-20-22-76-35-24-36-42(61)37(49(64)65)28-59(58(13)14)48(36)56-27-35/h24,27-34,38-40,43-47,51,55,62-63,67H,17-23,25-26H2,1-16H3,(H,64,65)/t29-,30-,31+,32+,33-,34+,38+,39-,40+,43-,44+,45-,46-,47+,51+,52-,53-,54-/m1/s1. The van der Waals surface area contributed by atoms with Crippen LogP contribution < -0.4 is 15.8 Å². The molecule has 0 aromatic carbocycles. The maximum absolute atomic E-state index is 14.6. The molecule has 18 atom stereocenters. The van der Waals surface area contributed by atoms with Gasteiger partial charge in [-0.15, -0.1) is 11.8 Å². The fraction of sp³-hybridized carbons (Fsp3) is 0.796. The topological polar surface area (TPSA) is 259 Å².